The van der Waals surface area contributed by atoms with Crippen molar-refractivity contribution in [2.75, 3.05) is 0 Å². The third-order valence-corrected chi connectivity index (χ3v) is 7.01. The third kappa shape index (κ3) is 3.94. The molecule has 1 aliphatic carbocycles. The maximum Gasteiger partial charge on any atom is 0.271 e. The van der Waals surface area contributed by atoms with Crippen LogP contribution in [0.3, 0.4) is 0 Å². The number of nitrogens with zero attached hydrogens (tertiary/aromatic N) is 2. The molecule has 2 amide bonds. The molecule has 1 N–H and O–H groups in total. The fraction of sp³-hybridized carbons (Fsp3) is 0.333. The summed E-state index contributed by atoms with van der Waals surface area (Å²) in [5, 5.41) is 3.21. The van der Waals surface area contributed by atoms with Crippen LogP contribution in [0.2, 0.25) is 0 Å². The number of benzene rings is 2. The first-order valence-electron chi connectivity index (χ1n) is 11.6. The molecule has 1 atom stereocenters. The van der Waals surface area contributed by atoms with Crippen LogP contribution in [0.25, 0.3) is 11.3 Å². The van der Waals surface area contributed by atoms with Gasteiger partial charge in [-0.25, -0.2) is 4.39 Å². The number of carbonyl (C=O) groups excluding carboxylic acids is 2. The van der Waals surface area contributed by atoms with Gasteiger partial charge in [0.25, 0.3) is 5.91 Å². The number of hydrogen-bond donors (Lipinski definition) is 1. The Bertz CT molecular complexity index is 1170. The second-order valence-corrected chi connectivity index (χ2v) is 9.30. The molecule has 170 valence electrons. The summed E-state index contributed by atoms with van der Waals surface area (Å²) in [5.41, 5.74) is 2.18. The van der Waals surface area contributed by atoms with E-state index >= 15 is 0 Å². The molecule has 0 unspecified atom stereocenters. The number of nitrogens with one attached hydrogen (secondary N) is 1. The van der Waals surface area contributed by atoms with Crippen molar-refractivity contribution in [3.63, 3.8) is 0 Å². The van der Waals surface area contributed by atoms with Crippen molar-refractivity contribution < 1.29 is 14.0 Å². The van der Waals surface area contributed by atoms with Crippen molar-refractivity contribution in [3.05, 3.63) is 83.8 Å². The number of fused-ring (bicyclic) bond motifs is 1. The average molecular weight is 446 g/mol. The number of aromatic nitrogens is 1. The van der Waals surface area contributed by atoms with Crippen molar-refractivity contribution in [3.8, 4) is 11.3 Å². The Morgan fingerprint density at radius 2 is 1.67 bits per heavy atom. The quantitative estimate of drug-likeness (QED) is 0.615. The van der Waals surface area contributed by atoms with Crippen molar-refractivity contribution in [2.24, 2.45) is 0 Å². The van der Waals surface area contributed by atoms with Gasteiger partial charge in [-0.05, 0) is 55.2 Å². The van der Waals surface area contributed by atoms with E-state index < -0.39 is 5.54 Å². The predicted octanol–water partition coefficient (Wildman–Crippen LogP) is 4.77. The van der Waals surface area contributed by atoms with Gasteiger partial charge < -0.3 is 14.8 Å². The van der Waals surface area contributed by atoms with Crippen LogP contribution in [0.5, 0.6) is 0 Å². The Balaban J connectivity index is 1.54. The lowest BCUT2D eigenvalue weighted by Gasteiger charge is -2.45. The first-order valence-corrected chi connectivity index (χ1v) is 11.6. The molecular weight excluding hydrogens is 417 g/mol. The van der Waals surface area contributed by atoms with Crippen molar-refractivity contribution in [1.82, 2.24) is 14.8 Å². The van der Waals surface area contributed by atoms with Gasteiger partial charge in [0.05, 0.1) is 6.54 Å². The largest absolute Gasteiger partial charge is 0.351 e. The minimum absolute atomic E-state index is 0.136. The Morgan fingerprint density at radius 3 is 2.36 bits per heavy atom. The summed E-state index contributed by atoms with van der Waals surface area (Å²) >= 11 is 0. The molecule has 0 spiro atoms. The van der Waals surface area contributed by atoms with Crippen molar-refractivity contribution >= 4 is 11.8 Å². The Labute approximate surface area is 193 Å². The molecule has 6 heteroatoms. The number of halogens is 1. The van der Waals surface area contributed by atoms with Crippen LogP contribution < -0.4 is 5.32 Å². The highest BCUT2D eigenvalue weighted by molar-refractivity contribution is 6.00. The van der Waals surface area contributed by atoms with Gasteiger partial charge >= 0.3 is 0 Å². The second kappa shape index (κ2) is 8.50. The summed E-state index contributed by atoms with van der Waals surface area (Å²) in [6.45, 7) is 2.43. The molecule has 2 aromatic carbocycles. The first kappa shape index (κ1) is 21.4. The van der Waals surface area contributed by atoms with Gasteiger partial charge in [-0.15, -0.1) is 0 Å². The molecular formula is C27H28FN3O2. The van der Waals surface area contributed by atoms with E-state index in [1.165, 1.54) is 12.1 Å². The number of amides is 2. The normalized spacial score (nSPS) is 20.7. The van der Waals surface area contributed by atoms with Crippen LogP contribution in [0, 0.1) is 5.82 Å². The average Bonchev–Trinajstić information content (AvgIpc) is 3.48. The van der Waals surface area contributed by atoms with Crippen LogP contribution in [0.15, 0.2) is 66.7 Å². The highest BCUT2D eigenvalue weighted by Gasteiger charge is 2.48. The monoisotopic (exact) mass is 445 g/mol. The molecule has 1 fully saturated rings. The van der Waals surface area contributed by atoms with E-state index in [9.17, 15) is 14.0 Å². The highest BCUT2D eigenvalue weighted by Crippen LogP contribution is 2.34. The smallest absolute Gasteiger partial charge is 0.271 e. The molecule has 0 radical (unpaired) electrons. The molecule has 2 heterocycles. The van der Waals surface area contributed by atoms with Crippen molar-refractivity contribution in [2.45, 2.75) is 57.3 Å². The summed E-state index contributed by atoms with van der Waals surface area (Å²) in [6.07, 6.45) is 4.16. The number of hydrogen-bond acceptors (Lipinski definition) is 2. The lowest BCUT2D eigenvalue weighted by molar-refractivity contribution is -0.133. The molecule has 5 nitrogen and oxygen atoms in total. The van der Waals surface area contributed by atoms with Crippen LogP contribution >= 0.6 is 0 Å². The third-order valence-electron chi connectivity index (χ3n) is 7.01. The fourth-order valence-corrected chi connectivity index (χ4v) is 5.07. The molecule has 5 rings (SSSR count). The number of rotatable bonds is 5. The van der Waals surface area contributed by atoms with E-state index in [0.717, 1.165) is 42.5 Å². The molecule has 1 saturated carbocycles. The summed E-state index contributed by atoms with van der Waals surface area (Å²) in [5.74, 6) is -0.660. The lowest BCUT2D eigenvalue weighted by atomic mass is 9.93. The van der Waals surface area contributed by atoms with E-state index in [2.05, 4.69) is 5.32 Å². The second-order valence-electron chi connectivity index (χ2n) is 9.30. The molecule has 0 saturated heterocycles. The zero-order valence-electron chi connectivity index (χ0n) is 18.8. The van der Waals surface area contributed by atoms with Crippen LogP contribution in [0.1, 0.15) is 48.7 Å². The Kier molecular flexibility index (Phi) is 5.52. The van der Waals surface area contributed by atoms with E-state index in [1.807, 2.05) is 54.0 Å². The minimum Gasteiger partial charge on any atom is -0.351 e. The number of carbonyl (C=O) groups is 2. The van der Waals surface area contributed by atoms with Crippen LogP contribution in [-0.4, -0.2) is 32.9 Å². The molecule has 2 aliphatic rings. The maximum absolute atomic E-state index is 13.7. The van der Waals surface area contributed by atoms with Gasteiger partial charge in [0.1, 0.15) is 17.1 Å². The van der Waals surface area contributed by atoms with Gasteiger partial charge in [0.15, 0.2) is 0 Å². The molecule has 1 aromatic heterocycles. The summed E-state index contributed by atoms with van der Waals surface area (Å²) in [4.78, 5) is 29.1. The Hall–Kier alpha value is -3.41. The van der Waals surface area contributed by atoms with Crippen LogP contribution in [0.4, 0.5) is 4.39 Å². The van der Waals surface area contributed by atoms with E-state index in [0.29, 0.717) is 12.2 Å². The van der Waals surface area contributed by atoms with E-state index in [4.69, 9.17) is 0 Å². The Morgan fingerprint density at radius 1 is 1.00 bits per heavy atom. The first-order chi connectivity index (χ1) is 16.0. The van der Waals surface area contributed by atoms with Gasteiger partial charge in [-0.1, -0.05) is 55.3 Å². The zero-order chi connectivity index (χ0) is 23.0. The minimum atomic E-state index is -1.08. The van der Waals surface area contributed by atoms with Gasteiger partial charge in [0.2, 0.25) is 5.91 Å². The molecule has 3 aromatic rings. The summed E-state index contributed by atoms with van der Waals surface area (Å²) < 4.78 is 15.4. The van der Waals surface area contributed by atoms with E-state index in [-0.39, 0.29) is 30.2 Å². The lowest BCUT2D eigenvalue weighted by Crippen LogP contribution is -2.64. The van der Waals surface area contributed by atoms with Gasteiger partial charge in [-0.3, -0.25) is 9.59 Å². The predicted molar refractivity (Wildman–Crippen MR) is 125 cm³/mol. The van der Waals surface area contributed by atoms with E-state index in [1.54, 1.807) is 17.0 Å². The summed E-state index contributed by atoms with van der Waals surface area (Å²) in [6, 6.07) is 19.9. The SMILES string of the molecule is C[C@]1(C(=O)NC2CCCC2)Cn2c(ccc2-c2ccccc2)C(=O)N1Cc1ccc(F)cc1. The molecule has 1 aliphatic heterocycles. The fourth-order valence-electron chi connectivity index (χ4n) is 5.07. The van der Waals surface area contributed by atoms with Gasteiger partial charge in [0, 0.05) is 18.3 Å². The zero-order valence-corrected chi connectivity index (χ0v) is 18.8. The standard InChI is InChI=1S/C27H28FN3O2/c1-27(26(33)29-22-9-5-6-10-22)18-30-23(20-7-3-2-4-8-20)15-16-24(30)25(32)31(27)17-19-11-13-21(28)14-12-19/h2-4,7-8,11-16,22H,5-6,9-10,17-18H2,1H3,(H,29,33)/t27-/m1/s1. The van der Waals surface area contributed by atoms with Gasteiger partial charge in [-0.2, -0.15) is 0 Å². The van der Waals surface area contributed by atoms with Crippen molar-refractivity contribution in [1.29, 1.82) is 0 Å². The molecule has 0 bridgehead atoms. The van der Waals surface area contributed by atoms with Crippen LogP contribution in [-0.2, 0) is 17.9 Å². The maximum atomic E-state index is 13.7. The highest BCUT2D eigenvalue weighted by atomic mass is 19.1. The molecule has 33 heavy (non-hydrogen) atoms. The topological polar surface area (TPSA) is 54.3 Å². The summed E-state index contributed by atoms with van der Waals surface area (Å²) in [7, 11) is 0.